The molecule has 2 atom stereocenters. The van der Waals surface area contributed by atoms with E-state index in [1.54, 1.807) is 6.20 Å². The van der Waals surface area contributed by atoms with Crippen molar-refractivity contribution in [3.8, 4) is 0 Å². The Morgan fingerprint density at radius 1 is 1.31 bits per heavy atom. The van der Waals surface area contributed by atoms with E-state index >= 15 is 0 Å². The maximum absolute atomic E-state index is 13.3. The van der Waals surface area contributed by atoms with E-state index in [9.17, 15) is 13.2 Å². The van der Waals surface area contributed by atoms with Gasteiger partial charge in [0, 0.05) is 41.2 Å². The Balaban J connectivity index is 1.31. The van der Waals surface area contributed by atoms with Crippen LogP contribution in [0.5, 0.6) is 0 Å². The molecule has 5 aliphatic rings. The number of nitrogens with zero attached hydrogens (tertiary/aromatic N) is 1. The third-order valence-electron chi connectivity index (χ3n) is 8.85. The van der Waals surface area contributed by atoms with E-state index in [1.165, 1.54) is 11.1 Å². The summed E-state index contributed by atoms with van der Waals surface area (Å²) in [5.41, 5.74) is 16.0. The fraction of sp³-hybridized carbons (Fsp3) is 0.448. The SMILES string of the molecule is CCC1=C2C(OS(N)(=O)=O)=CC3=C(NNC4=C3CC3=C4C(C(=O)NCCc4cccnc4)CC3)C2(C)CCC1. The zero-order valence-electron chi connectivity index (χ0n) is 22.4. The molecule has 0 bridgehead atoms. The Kier molecular flexibility index (Phi) is 6.42. The van der Waals surface area contributed by atoms with Gasteiger partial charge in [-0.1, -0.05) is 24.1 Å². The lowest BCUT2D eigenvalue weighted by Crippen LogP contribution is -2.46. The fourth-order valence-corrected chi connectivity index (χ4v) is 7.54. The van der Waals surface area contributed by atoms with Crippen LogP contribution in [-0.2, 0) is 25.7 Å². The molecule has 1 aliphatic heterocycles. The van der Waals surface area contributed by atoms with Crippen LogP contribution < -0.4 is 21.3 Å². The molecule has 10 heteroatoms. The number of hydrogen-bond acceptors (Lipinski definition) is 7. The first-order valence-electron chi connectivity index (χ1n) is 13.8. The summed E-state index contributed by atoms with van der Waals surface area (Å²) in [5.74, 6) is 0.134. The van der Waals surface area contributed by atoms with Crippen molar-refractivity contribution in [3.63, 3.8) is 0 Å². The van der Waals surface area contributed by atoms with Crippen LogP contribution in [0.3, 0.4) is 0 Å². The van der Waals surface area contributed by atoms with Crippen LogP contribution in [0.1, 0.15) is 64.4 Å². The van der Waals surface area contributed by atoms with E-state index in [2.05, 4.69) is 35.0 Å². The second-order valence-corrected chi connectivity index (χ2v) is 12.3. The third kappa shape index (κ3) is 4.49. The minimum Gasteiger partial charge on any atom is -0.371 e. The first kappa shape index (κ1) is 25.9. The molecule has 2 heterocycles. The van der Waals surface area contributed by atoms with Gasteiger partial charge >= 0.3 is 10.3 Å². The summed E-state index contributed by atoms with van der Waals surface area (Å²) in [7, 11) is -4.20. The summed E-state index contributed by atoms with van der Waals surface area (Å²) in [6.07, 6.45) is 12.1. The van der Waals surface area contributed by atoms with Crippen LogP contribution in [0.2, 0.25) is 0 Å². The third-order valence-corrected chi connectivity index (χ3v) is 9.26. The van der Waals surface area contributed by atoms with Crippen molar-refractivity contribution >= 4 is 16.2 Å². The highest BCUT2D eigenvalue weighted by Crippen LogP contribution is 2.57. The molecule has 39 heavy (non-hydrogen) atoms. The predicted octanol–water partition coefficient (Wildman–Crippen LogP) is 3.48. The Bertz CT molecular complexity index is 1500. The summed E-state index contributed by atoms with van der Waals surface area (Å²) in [6, 6.07) is 3.91. The standard InChI is InChI=1S/C29H35N5O4S/c1-3-18-7-4-11-29(2)25(18)23(38-39(30,36)37)15-22-21-14-19-8-9-20(24(19)26(21)33-34-27(22)29)28(35)32-13-10-17-6-5-12-31-16-17/h5-6,12,15-16,20,33-34H,3-4,7-11,13-14H2,1-2H3,(H,32,35)(H2,30,36,37). The van der Waals surface area contributed by atoms with Gasteiger partial charge in [0.1, 0.15) is 5.76 Å². The highest BCUT2D eigenvalue weighted by molar-refractivity contribution is 7.84. The average Bonchev–Trinajstić information content (AvgIpc) is 3.48. The fourth-order valence-electron chi connectivity index (χ4n) is 7.15. The molecule has 206 valence electrons. The van der Waals surface area contributed by atoms with Crippen molar-refractivity contribution in [2.75, 3.05) is 6.54 Å². The molecule has 1 aromatic rings. The molecule has 1 amide bonds. The van der Waals surface area contributed by atoms with E-state index in [0.29, 0.717) is 12.3 Å². The minimum absolute atomic E-state index is 0.0358. The van der Waals surface area contributed by atoms with Gasteiger partial charge < -0.3 is 20.4 Å². The first-order chi connectivity index (χ1) is 18.7. The van der Waals surface area contributed by atoms with Gasteiger partial charge in [0.25, 0.3) is 0 Å². The second kappa shape index (κ2) is 9.67. The van der Waals surface area contributed by atoms with Gasteiger partial charge in [-0.15, -0.1) is 0 Å². The molecule has 2 unspecified atom stereocenters. The topological polar surface area (TPSA) is 135 Å². The van der Waals surface area contributed by atoms with E-state index in [-0.39, 0.29) is 11.8 Å². The van der Waals surface area contributed by atoms with E-state index in [0.717, 1.165) is 90.6 Å². The number of fused-ring (bicyclic) bond motifs is 4. The maximum Gasteiger partial charge on any atom is 0.380 e. The largest absolute Gasteiger partial charge is 0.380 e. The van der Waals surface area contributed by atoms with Gasteiger partial charge in [-0.05, 0) is 87.1 Å². The summed E-state index contributed by atoms with van der Waals surface area (Å²) in [5, 5.41) is 8.49. The normalized spacial score (nSPS) is 25.8. The van der Waals surface area contributed by atoms with Gasteiger partial charge in [0.05, 0.1) is 11.6 Å². The van der Waals surface area contributed by atoms with Crippen LogP contribution in [0, 0.1) is 11.3 Å². The molecule has 5 N–H and O–H groups in total. The van der Waals surface area contributed by atoms with Gasteiger partial charge in [-0.2, -0.15) is 13.6 Å². The molecule has 0 saturated carbocycles. The van der Waals surface area contributed by atoms with Gasteiger partial charge in [-0.25, -0.2) is 0 Å². The Morgan fingerprint density at radius 2 is 2.15 bits per heavy atom. The molecule has 1 aromatic heterocycles. The van der Waals surface area contributed by atoms with Crippen molar-refractivity contribution in [1.82, 2.24) is 21.2 Å². The molecule has 0 radical (unpaired) electrons. The number of pyridine rings is 1. The molecular weight excluding hydrogens is 514 g/mol. The number of amides is 1. The number of hydrazine groups is 1. The molecule has 6 rings (SSSR count). The Labute approximate surface area is 229 Å². The van der Waals surface area contributed by atoms with Crippen LogP contribution in [-0.4, -0.2) is 25.9 Å². The van der Waals surface area contributed by atoms with Crippen molar-refractivity contribution in [1.29, 1.82) is 0 Å². The summed E-state index contributed by atoms with van der Waals surface area (Å²) >= 11 is 0. The van der Waals surface area contributed by atoms with Gasteiger partial charge in [0.15, 0.2) is 0 Å². The number of aromatic nitrogens is 1. The zero-order valence-corrected chi connectivity index (χ0v) is 23.2. The molecular formula is C29H35N5O4S. The zero-order chi connectivity index (χ0) is 27.4. The van der Waals surface area contributed by atoms with E-state index < -0.39 is 15.7 Å². The lowest BCUT2D eigenvalue weighted by molar-refractivity contribution is -0.123. The lowest BCUT2D eigenvalue weighted by Gasteiger charge is -2.45. The molecule has 0 saturated heterocycles. The molecule has 0 spiro atoms. The highest BCUT2D eigenvalue weighted by Gasteiger charge is 2.48. The van der Waals surface area contributed by atoms with Gasteiger partial charge in [-0.3, -0.25) is 9.78 Å². The molecule has 0 aromatic carbocycles. The van der Waals surface area contributed by atoms with Crippen molar-refractivity contribution in [3.05, 3.63) is 86.8 Å². The lowest BCUT2D eigenvalue weighted by atomic mass is 9.64. The predicted molar refractivity (Wildman–Crippen MR) is 147 cm³/mol. The van der Waals surface area contributed by atoms with E-state index in [4.69, 9.17) is 9.32 Å². The van der Waals surface area contributed by atoms with E-state index in [1.807, 2.05) is 24.4 Å². The number of rotatable bonds is 7. The monoisotopic (exact) mass is 549 g/mol. The van der Waals surface area contributed by atoms with Crippen LogP contribution in [0.25, 0.3) is 0 Å². The van der Waals surface area contributed by atoms with Crippen LogP contribution in [0.4, 0.5) is 0 Å². The number of allylic oxidation sites excluding steroid dienone is 8. The Morgan fingerprint density at radius 3 is 2.90 bits per heavy atom. The number of carbonyl (C=O) groups is 1. The smallest absolute Gasteiger partial charge is 0.371 e. The summed E-state index contributed by atoms with van der Waals surface area (Å²) in [4.78, 5) is 17.4. The molecule has 0 fully saturated rings. The average molecular weight is 550 g/mol. The van der Waals surface area contributed by atoms with Crippen molar-refractivity contribution in [2.45, 2.75) is 65.2 Å². The number of hydrogen-bond donors (Lipinski definition) is 4. The maximum atomic E-state index is 13.3. The van der Waals surface area contributed by atoms with Gasteiger partial charge in [0.2, 0.25) is 5.91 Å². The highest BCUT2D eigenvalue weighted by atomic mass is 32.2. The number of carbonyl (C=O) groups excluding carboxylic acids is 1. The second-order valence-electron chi connectivity index (χ2n) is 11.2. The molecule has 4 aliphatic carbocycles. The minimum atomic E-state index is -4.20. The summed E-state index contributed by atoms with van der Waals surface area (Å²) in [6.45, 7) is 4.80. The van der Waals surface area contributed by atoms with Crippen LogP contribution in [0.15, 0.2) is 81.2 Å². The number of nitrogens with two attached hydrogens (primary N) is 1. The van der Waals surface area contributed by atoms with Crippen LogP contribution >= 0.6 is 0 Å². The summed E-state index contributed by atoms with van der Waals surface area (Å²) < 4.78 is 29.6. The first-order valence-corrected chi connectivity index (χ1v) is 15.2. The van der Waals surface area contributed by atoms with Crippen molar-refractivity contribution in [2.24, 2.45) is 16.5 Å². The molecule has 9 nitrogen and oxygen atoms in total. The number of nitrogens with one attached hydrogen (secondary N) is 3. The quantitative estimate of drug-likeness (QED) is 0.409. The Hall–Kier alpha value is -3.37. The van der Waals surface area contributed by atoms with Crippen molar-refractivity contribution < 1.29 is 17.4 Å².